The quantitative estimate of drug-likeness (QED) is 0.814. The summed E-state index contributed by atoms with van der Waals surface area (Å²) >= 11 is 0. The molecule has 3 heteroatoms. The molecule has 1 atom stereocenters. The lowest BCUT2D eigenvalue weighted by Crippen LogP contribution is -2.38. The third kappa shape index (κ3) is 1.96. The van der Waals surface area contributed by atoms with Crippen LogP contribution in [0.25, 0.3) is 0 Å². The summed E-state index contributed by atoms with van der Waals surface area (Å²) in [7, 11) is 1.69. The first kappa shape index (κ1) is 12.7. The monoisotopic (exact) mass is 259 g/mol. The topological polar surface area (TPSA) is 30.8 Å². The van der Waals surface area contributed by atoms with E-state index in [0.717, 1.165) is 37.3 Å². The van der Waals surface area contributed by atoms with Gasteiger partial charge in [-0.05, 0) is 49.1 Å². The minimum atomic E-state index is -0.289. The van der Waals surface area contributed by atoms with Crippen LogP contribution in [0, 0.1) is 5.41 Å². The van der Waals surface area contributed by atoms with Gasteiger partial charge in [0.1, 0.15) is 5.75 Å². The van der Waals surface area contributed by atoms with Crippen LogP contribution in [0.3, 0.4) is 0 Å². The first-order valence-electron chi connectivity index (χ1n) is 6.93. The number of hydrogen-bond acceptors (Lipinski definition) is 3. The Morgan fingerprint density at radius 2 is 1.95 bits per heavy atom. The number of ether oxygens (including phenoxy) is 2. The second kappa shape index (κ2) is 4.34. The smallest absolute Gasteiger partial charge is 0.164 e. The van der Waals surface area contributed by atoms with Gasteiger partial charge in [0, 0.05) is 17.7 Å². The minimum Gasteiger partial charge on any atom is -0.497 e. The molecule has 1 spiro atoms. The zero-order chi connectivity index (χ0) is 13.5. The van der Waals surface area contributed by atoms with Gasteiger partial charge in [-0.2, -0.15) is 0 Å². The summed E-state index contributed by atoms with van der Waals surface area (Å²) in [5.41, 5.74) is 2.14. The molecule has 102 valence electrons. The Labute approximate surface area is 114 Å². The molecule has 19 heavy (non-hydrogen) atoms. The molecule has 0 N–H and O–H groups in total. The Morgan fingerprint density at radius 1 is 1.21 bits per heavy atom. The third-order valence-corrected chi connectivity index (χ3v) is 4.41. The van der Waals surface area contributed by atoms with E-state index in [-0.39, 0.29) is 11.1 Å². The van der Waals surface area contributed by atoms with Gasteiger partial charge >= 0.3 is 0 Å². The van der Waals surface area contributed by atoms with E-state index >= 15 is 0 Å². The molecule has 3 rings (SSSR count). The average molecular weight is 259 g/mol. The van der Waals surface area contributed by atoms with Crippen LogP contribution in [0.15, 0.2) is 29.3 Å². The molecule has 0 bridgehead atoms. The summed E-state index contributed by atoms with van der Waals surface area (Å²) in [5.74, 6) is 0.883. The maximum absolute atomic E-state index is 6.00. The van der Waals surface area contributed by atoms with Gasteiger partial charge in [-0.15, -0.1) is 0 Å². The van der Waals surface area contributed by atoms with Crippen LogP contribution >= 0.6 is 0 Å². The fourth-order valence-electron chi connectivity index (χ4n) is 3.16. The minimum absolute atomic E-state index is 0.0821. The highest BCUT2D eigenvalue weighted by molar-refractivity contribution is 6.02. The van der Waals surface area contributed by atoms with E-state index in [4.69, 9.17) is 14.5 Å². The number of methoxy groups -OCH3 is 1. The summed E-state index contributed by atoms with van der Waals surface area (Å²) < 4.78 is 11.2. The lowest BCUT2D eigenvalue weighted by molar-refractivity contribution is -0.0654. The zero-order valence-corrected chi connectivity index (χ0v) is 11.9. The van der Waals surface area contributed by atoms with E-state index in [1.807, 2.05) is 12.1 Å². The standard InChI is InChI=1S/C16H21NO2/c1-15(2)11-14(17-16(15)9-4-10-19-16)12-5-7-13(18-3)8-6-12/h5-8H,4,9-11H2,1-3H3. The van der Waals surface area contributed by atoms with Crippen LogP contribution in [-0.4, -0.2) is 25.2 Å². The number of nitrogens with zero attached hydrogens (tertiary/aromatic N) is 1. The lowest BCUT2D eigenvalue weighted by atomic mass is 9.78. The van der Waals surface area contributed by atoms with Crippen molar-refractivity contribution in [2.75, 3.05) is 13.7 Å². The van der Waals surface area contributed by atoms with E-state index in [0.29, 0.717) is 0 Å². The van der Waals surface area contributed by atoms with Gasteiger partial charge in [0.05, 0.1) is 7.11 Å². The molecule has 1 saturated heterocycles. The summed E-state index contributed by atoms with van der Waals surface area (Å²) in [6, 6.07) is 8.15. The number of aliphatic imine (C=N–C) groups is 1. The Morgan fingerprint density at radius 3 is 2.53 bits per heavy atom. The van der Waals surface area contributed by atoms with Crippen molar-refractivity contribution >= 4 is 5.71 Å². The second-order valence-electron chi connectivity index (χ2n) is 6.08. The van der Waals surface area contributed by atoms with Crippen molar-refractivity contribution in [2.24, 2.45) is 10.4 Å². The van der Waals surface area contributed by atoms with Crippen molar-refractivity contribution in [1.82, 2.24) is 0 Å². The zero-order valence-electron chi connectivity index (χ0n) is 11.9. The van der Waals surface area contributed by atoms with Crippen molar-refractivity contribution in [2.45, 2.75) is 38.8 Å². The molecule has 0 amide bonds. The number of benzene rings is 1. The van der Waals surface area contributed by atoms with Crippen LogP contribution in [-0.2, 0) is 4.74 Å². The number of hydrogen-bond donors (Lipinski definition) is 0. The van der Waals surface area contributed by atoms with Crippen molar-refractivity contribution < 1.29 is 9.47 Å². The molecule has 1 aromatic rings. The SMILES string of the molecule is COc1ccc(C2=NC3(CCCO3)C(C)(C)C2)cc1. The molecule has 2 heterocycles. The molecule has 1 aromatic carbocycles. The summed E-state index contributed by atoms with van der Waals surface area (Å²) in [6.45, 7) is 5.36. The molecule has 0 aromatic heterocycles. The van der Waals surface area contributed by atoms with Crippen molar-refractivity contribution in [1.29, 1.82) is 0 Å². The molecule has 0 radical (unpaired) electrons. The van der Waals surface area contributed by atoms with E-state index in [1.165, 1.54) is 5.56 Å². The van der Waals surface area contributed by atoms with Gasteiger partial charge in [0.15, 0.2) is 5.72 Å². The van der Waals surface area contributed by atoms with Gasteiger partial charge in [-0.1, -0.05) is 13.8 Å². The van der Waals surface area contributed by atoms with Crippen LogP contribution in [0.5, 0.6) is 5.75 Å². The van der Waals surface area contributed by atoms with Gasteiger partial charge in [0.25, 0.3) is 0 Å². The maximum atomic E-state index is 6.00. The van der Waals surface area contributed by atoms with E-state index in [1.54, 1.807) is 7.11 Å². The van der Waals surface area contributed by atoms with Crippen molar-refractivity contribution in [3.63, 3.8) is 0 Å². The Kier molecular flexibility index (Phi) is 2.90. The van der Waals surface area contributed by atoms with Gasteiger partial charge in [-0.3, -0.25) is 4.99 Å². The summed E-state index contributed by atoms with van der Waals surface area (Å²) in [5, 5.41) is 0. The normalized spacial score (nSPS) is 28.7. The van der Waals surface area contributed by atoms with Crippen LogP contribution in [0.4, 0.5) is 0 Å². The predicted molar refractivity (Wildman–Crippen MR) is 75.8 cm³/mol. The predicted octanol–water partition coefficient (Wildman–Crippen LogP) is 3.42. The fourth-order valence-corrected chi connectivity index (χ4v) is 3.16. The molecular formula is C16H21NO2. The van der Waals surface area contributed by atoms with Crippen LogP contribution < -0.4 is 4.74 Å². The highest BCUT2D eigenvalue weighted by atomic mass is 16.5. The highest BCUT2D eigenvalue weighted by Crippen LogP contribution is 2.50. The molecule has 0 saturated carbocycles. The van der Waals surface area contributed by atoms with Crippen molar-refractivity contribution in [3.8, 4) is 5.75 Å². The van der Waals surface area contributed by atoms with Crippen molar-refractivity contribution in [3.05, 3.63) is 29.8 Å². The van der Waals surface area contributed by atoms with Gasteiger partial charge < -0.3 is 9.47 Å². The third-order valence-electron chi connectivity index (χ3n) is 4.41. The first-order valence-corrected chi connectivity index (χ1v) is 6.93. The lowest BCUT2D eigenvalue weighted by Gasteiger charge is -2.34. The summed E-state index contributed by atoms with van der Waals surface area (Å²) in [6.07, 6.45) is 3.13. The molecule has 2 aliphatic heterocycles. The maximum Gasteiger partial charge on any atom is 0.164 e. The van der Waals surface area contributed by atoms with Gasteiger partial charge in [-0.25, -0.2) is 0 Å². The van der Waals surface area contributed by atoms with E-state index < -0.39 is 0 Å². The van der Waals surface area contributed by atoms with E-state index in [9.17, 15) is 0 Å². The highest BCUT2D eigenvalue weighted by Gasteiger charge is 2.53. The largest absolute Gasteiger partial charge is 0.497 e. The summed E-state index contributed by atoms with van der Waals surface area (Å²) in [4.78, 5) is 4.95. The van der Waals surface area contributed by atoms with Gasteiger partial charge in [0.2, 0.25) is 0 Å². The first-order chi connectivity index (χ1) is 9.06. The molecule has 2 aliphatic rings. The van der Waals surface area contributed by atoms with Crippen LogP contribution in [0.2, 0.25) is 0 Å². The van der Waals surface area contributed by atoms with E-state index in [2.05, 4.69) is 26.0 Å². The molecular weight excluding hydrogens is 238 g/mol. The Balaban J connectivity index is 1.93. The second-order valence-corrected chi connectivity index (χ2v) is 6.08. The molecule has 0 aliphatic carbocycles. The molecule has 1 unspecified atom stereocenters. The Bertz CT molecular complexity index is 496. The van der Waals surface area contributed by atoms with Crippen LogP contribution in [0.1, 0.15) is 38.7 Å². The average Bonchev–Trinajstić information content (AvgIpc) is 2.97. The fraction of sp³-hybridized carbons (Fsp3) is 0.562. The molecule has 3 nitrogen and oxygen atoms in total. The number of rotatable bonds is 2. The molecule has 1 fully saturated rings. The Hall–Kier alpha value is -1.35.